The SMILES string of the molecule is COCCNc1c(O[C@H](C)c2ccccn2)cc(Br)cc1[N+](=O)[O-]. The highest BCUT2D eigenvalue weighted by Crippen LogP contribution is 2.39. The van der Waals surface area contributed by atoms with Crippen LogP contribution in [0.2, 0.25) is 0 Å². The van der Waals surface area contributed by atoms with Crippen molar-refractivity contribution in [3.8, 4) is 5.75 Å². The summed E-state index contributed by atoms with van der Waals surface area (Å²) in [5, 5.41) is 14.4. The molecule has 0 radical (unpaired) electrons. The third-order valence-electron chi connectivity index (χ3n) is 3.26. The number of hydrogen-bond acceptors (Lipinski definition) is 6. The van der Waals surface area contributed by atoms with E-state index < -0.39 is 4.92 Å². The molecule has 2 aromatic rings. The second-order valence-corrected chi connectivity index (χ2v) is 5.91. The summed E-state index contributed by atoms with van der Waals surface area (Å²) >= 11 is 3.29. The average Bonchev–Trinajstić information content (AvgIpc) is 2.57. The van der Waals surface area contributed by atoms with Gasteiger partial charge in [-0.3, -0.25) is 15.1 Å². The van der Waals surface area contributed by atoms with Gasteiger partial charge in [0.1, 0.15) is 6.10 Å². The molecule has 1 N–H and O–H groups in total. The predicted octanol–water partition coefficient (Wildman–Crippen LogP) is 3.95. The molecule has 0 aliphatic rings. The van der Waals surface area contributed by atoms with Gasteiger partial charge in [0.05, 0.1) is 17.2 Å². The van der Waals surface area contributed by atoms with Crippen molar-refractivity contribution in [1.82, 2.24) is 4.98 Å². The van der Waals surface area contributed by atoms with Crippen molar-refractivity contribution in [1.29, 1.82) is 0 Å². The molecule has 0 aliphatic heterocycles. The first kappa shape index (κ1) is 18.2. The number of halogens is 1. The highest BCUT2D eigenvalue weighted by Gasteiger charge is 2.22. The first-order valence-corrected chi connectivity index (χ1v) is 8.10. The van der Waals surface area contributed by atoms with Crippen molar-refractivity contribution in [2.45, 2.75) is 13.0 Å². The van der Waals surface area contributed by atoms with E-state index >= 15 is 0 Å². The summed E-state index contributed by atoms with van der Waals surface area (Å²) < 4.78 is 11.5. The summed E-state index contributed by atoms with van der Waals surface area (Å²) in [5.74, 6) is 0.380. The van der Waals surface area contributed by atoms with Crippen LogP contribution in [0.3, 0.4) is 0 Å². The third kappa shape index (κ3) is 4.65. The average molecular weight is 396 g/mol. The molecule has 1 aromatic carbocycles. The Balaban J connectivity index is 2.34. The minimum atomic E-state index is -0.446. The molecule has 0 spiro atoms. The highest BCUT2D eigenvalue weighted by molar-refractivity contribution is 9.10. The zero-order valence-corrected chi connectivity index (χ0v) is 14.9. The zero-order chi connectivity index (χ0) is 17.5. The minimum Gasteiger partial charge on any atom is -0.482 e. The Morgan fingerprint density at radius 1 is 1.42 bits per heavy atom. The van der Waals surface area contributed by atoms with Crippen LogP contribution in [0.15, 0.2) is 41.0 Å². The number of pyridine rings is 1. The Morgan fingerprint density at radius 2 is 2.21 bits per heavy atom. The van der Waals surface area contributed by atoms with Gasteiger partial charge in [-0.25, -0.2) is 0 Å². The van der Waals surface area contributed by atoms with E-state index in [1.54, 1.807) is 19.4 Å². The summed E-state index contributed by atoms with van der Waals surface area (Å²) in [4.78, 5) is 15.2. The lowest BCUT2D eigenvalue weighted by atomic mass is 10.2. The van der Waals surface area contributed by atoms with Crippen molar-refractivity contribution in [3.05, 3.63) is 56.8 Å². The molecule has 24 heavy (non-hydrogen) atoms. The number of nitro groups is 1. The largest absolute Gasteiger partial charge is 0.482 e. The van der Waals surface area contributed by atoms with E-state index in [4.69, 9.17) is 9.47 Å². The van der Waals surface area contributed by atoms with E-state index in [1.165, 1.54) is 6.07 Å². The molecule has 0 saturated heterocycles. The fourth-order valence-corrected chi connectivity index (χ4v) is 2.55. The standard InChI is InChI=1S/C16H18BrN3O4/c1-11(13-5-3-4-6-18-13)24-15-10-12(17)9-14(20(21)22)16(15)19-7-8-23-2/h3-6,9-11,19H,7-8H2,1-2H3/t11-/m1/s1. The van der Waals surface area contributed by atoms with Gasteiger partial charge < -0.3 is 14.8 Å². The number of methoxy groups -OCH3 is 1. The van der Waals surface area contributed by atoms with Crippen molar-refractivity contribution in [2.24, 2.45) is 0 Å². The lowest BCUT2D eigenvalue weighted by Crippen LogP contribution is -2.12. The molecular formula is C16H18BrN3O4. The number of nitrogens with one attached hydrogen (secondary N) is 1. The molecule has 1 heterocycles. The zero-order valence-electron chi connectivity index (χ0n) is 13.4. The normalized spacial score (nSPS) is 11.8. The smallest absolute Gasteiger partial charge is 0.297 e. The Labute approximate surface area is 148 Å². The van der Waals surface area contributed by atoms with Crippen LogP contribution < -0.4 is 10.1 Å². The molecule has 7 nitrogen and oxygen atoms in total. The lowest BCUT2D eigenvalue weighted by Gasteiger charge is -2.18. The Hall–Kier alpha value is -2.19. The van der Waals surface area contributed by atoms with Gasteiger partial charge in [-0.15, -0.1) is 0 Å². The lowest BCUT2D eigenvalue weighted by molar-refractivity contribution is -0.384. The number of aromatic nitrogens is 1. The maximum Gasteiger partial charge on any atom is 0.297 e. The summed E-state index contributed by atoms with van der Waals surface area (Å²) in [6.07, 6.45) is 1.32. The summed E-state index contributed by atoms with van der Waals surface area (Å²) in [5.41, 5.74) is 0.995. The van der Waals surface area contributed by atoms with Crippen LogP contribution in [0.25, 0.3) is 0 Å². The van der Waals surface area contributed by atoms with Gasteiger partial charge >= 0.3 is 0 Å². The fraction of sp³-hybridized carbons (Fsp3) is 0.312. The van der Waals surface area contributed by atoms with Gasteiger partial charge in [-0.05, 0) is 25.1 Å². The molecule has 0 amide bonds. The van der Waals surface area contributed by atoms with E-state index in [-0.39, 0.29) is 11.8 Å². The summed E-state index contributed by atoms with van der Waals surface area (Å²) in [7, 11) is 1.57. The number of benzene rings is 1. The second-order valence-electron chi connectivity index (χ2n) is 4.99. The van der Waals surface area contributed by atoms with Crippen LogP contribution >= 0.6 is 15.9 Å². The molecule has 8 heteroatoms. The molecule has 0 fully saturated rings. The Bertz CT molecular complexity index is 697. The van der Waals surface area contributed by atoms with Crippen LogP contribution in [0, 0.1) is 10.1 Å². The van der Waals surface area contributed by atoms with Gasteiger partial charge in [0.2, 0.25) is 0 Å². The van der Waals surface area contributed by atoms with Gasteiger partial charge in [-0.1, -0.05) is 22.0 Å². The van der Waals surface area contributed by atoms with Crippen molar-refractivity contribution < 1.29 is 14.4 Å². The van der Waals surface area contributed by atoms with Crippen LogP contribution in [0.5, 0.6) is 5.75 Å². The van der Waals surface area contributed by atoms with Gasteiger partial charge in [0.15, 0.2) is 11.4 Å². The molecule has 0 unspecified atom stereocenters. The third-order valence-corrected chi connectivity index (χ3v) is 3.72. The first-order chi connectivity index (χ1) is 11.5. The number of ether oxygens (including phenoxy) is 2. The van der Waals surface area contributed by atoms with Gasteiger partial charge in [0.25, 0.3) is 5.69 Å². The fourth-order valence-electron chi connectivity index (χ4n) is 2.13. The van der Waals surface area contributed by atoms with Crippen molar-refractivity contribution >= 4 is 27.3 Å². The van der Waals surface area contributed by atoms with E-state index in [0.717, 1.165) is 5.69 Å². The number of anilines is 1. The summed E-state index contributed by atoms with van der Waals surface area (Å²) in [6, 6.07) is 8.66. The molecule has 0 saturated carbocycles. The van der Waals surface area contributed by atoms with Crippen LogP contribution in [-0.4, -0.2) is 30.2 Å². The Morgan fingerprint density at radius 3 is 2.83 bits per heavy atom. The molecule has 2 rings (SSSR count). The van der Waals surface area contributed by atoms with Crippen molar-refractivity contribution in [2.75, 3.05) is 25.6 Å². The molecule has 0 bridgehead atoms. The predicted molar refractivity (Wildman–Crippen MR) is 94.4 cm³/mol. The molecule has 1 aromatic heterocycles. The number of nitrogens with zero attached hydrogens (tertiary/aromatic N) is 2. The van der Waals surface area contributed by atoms with E-state index in [1.807, 2.05) is 25.1 Å². The van der Waals surface area contributed by atoms with Gasteiger partial charge in [-0.2, -0.15) is 0 Å². The second kappa shape index (κ2) is 8.60. The highest BCUT2D eigenvalue weighted by atomic mass is 79.9. The van der Waals surface area contributed by atoms with E-state index in [9.17, 15) is 10.1 Å². The maximum absolute atomic E-state index is 11.4. The number of hydrogen-bond donors (Lipinski definition) is 1. The maximum atomic E-state index is 11.4. The molecule has 0 aliphatic carbocycles. The first-order valence-electron chi connectivity index (χ1n) is 7.31. The minimum absolute atomic E-state index is 0.0660. The van der Waals surface area contributed by atoms with Crippen molar-refractivity contribution in [3.63, 3.8) is 0 Å². The molecule has 1 atom stereocenters. The van der Waals surface area contributed by atoms with Crippen LogP contribution in [0.1, 0.15) is 18.7 Å². The van der Waals surface area contributed by atoms with Crippen LogP contribution in [0.4, 0.5) is 11.4 Å². The molecular weight excluding hydrogens is 378 g/mol. The number of rotatable bonds is 8. The van der Waals surface area contributed by atoms with Crippen LogP contribution in [-0.2, 0) is 4.74 Å². The topological polar surface area (TPSA) is 86.5 Å². The number of nitro benzene ring substituents is 1. The molecule has 128 valence electrons. The Kier molecular flexibility index (Phi) is 6.51. The van der Waals surface area contributed by atoms with Gasteiger partial charge in [0, 0.05) is 30.4 Å². The summed E-state index contributed by atoms with van der Waals surface area (Å²) in [6.45, 7) is 2.68. The van der Waals surface area contributed by atoms with E-state index in [0.29, 0.717) is 29.1 Å². The quantitative estimate of drug-likeness (QED) is 0.413. The monoisotopic (exact) mass is 395 g/mol. The van der Waals surface area contributed by atoms with E-state index in [2.05, 4.69) is 26.2 Å².